The molecule has 3 rings (SSSR count). The molecule has 6 heteroatoms. The van der Waals surface area contributed by atoms with Crippen molar-refractivity contribution in [1.29, 1.82) is 0 Å². The highest BCUT2D eigenvalue weighted by Crippen LogP contribution is 2.21. The number of aromatic nitrogens is 1. The highest BCUT2D eigenvalue weighted by Gasteiger charge is 2.27. The lowest BCUT2D eigenvalue weighted by molar-refractivity contribution is 0.384. The molecule has 1 aliphatic rings. The van der Waals surface area contributed by atoms with Gasteiger partial charge in [0.2, 0.25) is 10.0 Å². The molecule has 2 aromatic rings. The van der Waals surface area contributed by atoms with E-state index in [-0.39, 0.29) is 5.75 Å². The number of hydrogen-bond acceptors (Lipinski definition) is 4. The first kappa shape index (κ1) is 17.9. The molecule has 0 radical (unpaired) electrons. The van der Waals surface area contributed by atoms with Gasteiger partial charge in [0.25, 0.3) is 0 Å². The number of rotatable bonds is 5. The van der Waals surface area contributed by atoms with Gasteiger partial charge in [-0.1, -0.05) is 31.2 Å². The third-order valence-corrected chi connectivity index (χ3v) is 6.61. The maximum Gasteiger partial charge on any atom is 0.218 e. The van der Waals surface area contributed by atoms with E-state index in [1.807, 2.05) is 36.5 Å². The second-order valence-corrected chi connectivity index (χ2v) is 8.44. The van der Waals surface area contributed by atoms with Crippen molar-refractivity contribution in [2.75, 3.05) is 31.1 Å². The van der Waals surface area contributed by atoms with Crippen LogP contribution in [0.25, 0.3) is 0 Å². The summed E-state index contributed by atoms with van der Waals surface area (Å²) in [6, 6.07) is 9.84. The van der Waals surface area contributed by atoms with Gasteiger partial charge in [-0.25, -0.2) is 8.42 Å². The summed E-state index contributed by atoms with van der Waals surface area (Å²) in [5.41, 5.74) is 4.33. The number of anilines is 1. The third kappa shape index (κ3) is 4.19. The van der Waals surface area contributed by atoms with Crippen molar-refractivity contribution in [1.82, 2.24) is 9.29 Å². The first-order valence-corrected chi connectivity index (χ1v) is 10.3. The summed E-state index contributed by atoms with van der Waals surface area (Å²) in [6.45, 7) is 6.57. The summed E-state index contributed by atoms with van der Waals surface area (Å²) in [5.74, 6) is 0.0723. The van der Waals surface area contributed by atoms with Crippen LogP contribution in [0.1, 0.15) is 23.6 Å². The molecule has 1 aliphatic heterocycles. The zero-order chi connectivity index (χ0) is 17.9. The molecule has 134 valence electrons. The molecule has 1 fully saturated rings. The fraction of sp³-hybridized carbons (Fsp3) is 0.421. The Hall–Kier alpha value is -1.92. The van der Waals surface area contributed by atoms with Crippen LogP contribution in [0, 0.1) is 6.92 Å². The lowest BCUT2D eigenvalue weighted by atomic mass is 10.1. The largest absolute Gasteiger partial charge is 0.367 e. The normalized spacial score (nSPS) is 16.2. The Morgan fingerprint density at radius 1 is 1.00 bits per heavy atom. The molecule has 1 aromatic heterocycles. The van der Waals surface area contributed by atoms with E-state index in [1.165, 1.54) is 11.1 Å². The molecule has 1 aromatic carbocycles. The van der Waals surface area contributed by atoms with Crippen LogP contribution in [0.5, 0.6) is 0 Å². The Balaban J connectivity index is 1.64. The van der Waals surface area contributed by atoms with Crippen LogP contribution in [0.4, 0.5) is 5.69 Å². The van der Waals surface area contributed by atoms with Gasteiger partial charge in [0.15, 0.2) is 0 Å². The smallest absolute Gasteiger partial charge is 0.218 e. The van der Waals surface area contributed by atoms with E-state index in [2.05, 4.69) is 23.7 Å². The molecule has 0 unspecified atom stereocenters. The Bertz CT molecular complexity index is 811. The quantitative estimate of drug-likeness (QED) is 0.823. The summed E-state index contributed by atoms with van der Waals surface area (Å²) < 4.78 is 27.0. The molecular formula is C19H25N3O2S. The fourth-order valence-electron chi connectivity index (χ4n) is 3.17. The average Bonchev–Trinajstić information content (AvgIpc) is 2.63. The lowest BCUT2D eigenvalue weighted by Gasteiger charge is -2.35. The van der Waals surface area contributed by atoms with Crippen LogP contribution in [-0.2, 0) is 22.2 Å². The minimum Gasteiger partial charge on any atom is -0.367 e. The average molecular weight is 359 g/mol. The molecule has 0 N–H and O–H groups in total. The van der Waals surface area contributed by atoms with Gasteiger partial charge in [0.05, 0.1) is 17.6 Å². The number of nitrogens with zero attached hydrogens (tertiary/aromatic N) is 3. The van der Waals surface area contributed by atoms with Crippen molar-refractivity contribution < 1.29 is 8.42 Å². The van der Waals surface area contributed by atoms with Crippen molar-refractivity contribution in [3.63, 3.8) is 0 Å². The molecular weight excluding hydrogens is 334 g/mol. The van der Waals surface area contributed by atoms with Gasteiger partial charge in [-0.2, -0.15) is 4.31 Å². The van der Waals surface area contributed by atoms with Crippen LogP contribution >= 0.6 is 0 Å². The number of aryl methyl sites for hydroxylation is 2. The van der Waals surface area contributed by atoms with Crippen LogP contribution < -0.4 is 4.90 Å². The van der Waals surface area contributed by atoms with Gasteiger partial charge in [0, 0.05) is 32.4 Å². The number of sulfonamides is 1. The molecule has 0 atom stereocenters. The van der Waals surface area contributed by atoms with Crippen molar-refractivity contribution in [2.45, 2.75) is 26.0 Å². The van der Waals surface area contributed by atoms with Crippen molar-refractivity contribution >= 4 is 15.7 Å². The van der Waals surface area contributed by atoms with Gasteiger partial charge in [0.1, 0.15) is 0 Å². The molecule has 5 nitrogen and oxygen atoms in total. The Morgan fingerprint density at radius 3 is 2.24 bits per heavy atom. The Kier molecular flexibility index (Phi) is 5.39. The maximum atomic E-state index is 12.7. The number of hydrogen-bond donors (Lipinski definition) is 0. The van der Waals surface area contributed by atoms with E-state index in [0.717, 1.165) is 17.7 Å². The molecule has 1 saturated heterocycles. The van der Waals surface area contributed by atoms with Gasteiger partial charge < -0.3 is 4.90 Å². The van der Waals surface area contributed by atoms with Gasteiger partial charge in [-0.3, -0.25) is 4.98 Å². The van der Waals surface area contributed by atoms with Gasteiger partial charge in [-0.05, 0) is 36.1 Å². The van der Waals surface area contributed by atoms with Gasteiger partial charge in [-0.15, -0.1) is 0 Å². The first-order valence-electron chi connectivity index (χ1n) is 8.71. The predicted octanol–water partition coefficient (Wildman–Crippen LogP) is 2.60. The molecule has 2 heterocycles. The first-order chi connectivity index (χ1) is 12.0. The third-order valence-electron chi connectivity index (χ3n) is 4.76. The minimum atomic E-state index is -3.28. The monoisotopic (exact) mass is 359 g/mol. The molecule has 0 spiro atoms. The number of benzene rings is 1. The summed E-state index contributed by atoms with van der Waals surface area (Å²) in [6.07, 6.45) is 4.60. The van der Waals surface area contributed by atoms with E-state index in [1.54, 1.807) is 10.5 Å². The van der Waals surface area contributed by atoms with Crippen LogP contribution in [-0.4, -0.2) is 43.9 Å². The SMILES string of the molecule is CCc1ccc(CS(=O)(=O)N2CCN(c3cnccc3C)CC2)cc1. The summed E-state index contributed by atoms with van der Waals surface area (Å²) in [5, 5.41) is 0. The Labute approximate surface area is 150 Å². The van der Waals surface area contributed by atoms with Crippen molar-refractivity contribution in [2.24, 2.45) is 0 Å². The van der Waals surface area contributed by atoms with E-state index < -0.39 is 10.0 Å². The minimum absolute atomic E-state index is 0.0723. The second-order valence-electron chi connectivity index (χ2n) is 6.47. The van der Waals surface area contributed by atoms with Crippen LogP contribution in [0.3, 0.4) is 0 Å². The standard InChI is InChI=1S/C19H25N3O2S/c1-3-17-4-6-18(7-5-17)15-25(23,24)22-12-10-21(11-13-22)19-14-20-9-8-16(19)2/h4-9,14H,3,10-13,15H2,1-2H3. The highest BCUT2D eigenvalue weighted by molar-refractivity contribution is 7.88. The van der Waals surface area contributed by atoms with Gasteiger partial charge >= 0.3 is 0 Å². The van der Waals surface area contributed by atoms with E-state index in [0.29, 0.717) is 26.2 Å². The molecule has 0 amide bonds. The molecule has 25 heavy (non-hydrogen) atoms. The van der Waals surface area contributed by atoms with Crippen molar-refractivity contribution in [3.8, 4) is 0 Å². The van der Waals surface area contributed by atoms with Crippen LogP contribution in [0.2, 0.25) is 0 Å². The zero-order valence-corrected chi connectivity index (χ0v) is 15.7. The molecule has 0 aliphatic carbocycles. The highest BCUT2D eigenvalue weighted by atomic mass is 32.2. The molecule has 0 saturated carbocycles. The lowest BCUT2D eigenvalue weighted by Crippen LogP contribution is -2.49. The summed E-state index contributed by atoms with van der Waals surface area (Å²) >= 11 is 0. The fourth-order valence-corrected chi connectivity index (χ4v) is 4.68. The molecule has 0 bridgehead atoms. The second kappa shape index (κ2) is 7.54. The number of piperazine rings is 1. The van der Waals surface area contributed by atoms with E-state index >= 15 is 0 Å². The topological polar surface area (TPSA) is 53.5 Å². The summed E-state index contributed by atoms with van der Waals surface area (Å²) in [4.78, 5) is 6.40. The predicted molar refractivity (Wildman–Crippen MR) is 101 cm³/mol. The zero-order valence-electron chi connectivity index (χ0n) is 14.9. The summed E-state index contributed by atoms with van der Waals surface area (Å²) in [7, 11) is -3.28. The van der Waals surface area contributed by atoms with Crippen molar-refractivity contribution in [3.05, 3.63) is 59.4 Å². The number of pyridine rings is 1. The maximum absolute atomic E-state index is 12.7. The van der Waals surface area contributed by atoms with E-state index in [9.17, 15) is 8.42 Å². The van der Waals surface area contributed by atoms with E-state index in [4.69, 9.17) is 0 Å². The Morgan fingerprint density at radius 2 is 1.64 bits per heavy atom. The van der Waals surface area contributed by atoms with Crippen LogP contribution in [0.15, 0.2) is 42.7 Å².